The van der Waals surface area contributed by atoms with Gasteiger partial charge in [-0.1, -0.05) is 11.8 Å². The number of nitriles is 1. The van der Waals surface area contributed by atoms with Crippen LogP contribution in [-0.4, -0.2) is 17.0 Å². The van der Waals surface area contributed by atoms with Crippen molar-refractivity contribution < 1.29 is 4.79 Å². The van der Waals surface area contributed by atoms with E-state index in [0.29, 0.717) is 12.0 Å². The molecule has 0 N–H and O–H groups in total. The summed E-state index contributed by atoms with van der Waals surface area (Å²) in [6.45, 7) is 0. The molecular formula is C11H8N2OS2. The summed E-state index contributed by atoms with van der Waals surface area (Å²) in [5, 5.41) is 8.43. The summed E-state index contributed by atoms with van der Waals surface area (Å²) in [6.07, 6.45) is 1.36. The molecule has 0 radical (unpaired) electrons. The van der Waals surface area contributed by atoms with Gasteiger partial charge >= 0.3 is 0 Å². The van der Waals surface area contributed by atoms with E-state index in [0.717, 1.165) is 26.6 Å². The quantitative estimate of drug-likeness (QED) is 0.474. The normalized spacial score (nSPS) is 10.2. The third kappa shape index (κ3) is 2.40. The first-order chi connectivity index (χ1) is 7.83. The highest BCUT2D eigenvalue weighted by molar-refractivity contribution is 8.01. The molecule has 1 aromatic carbocycles. The Labute approximate surface area is 101 Å². The number of nitrogens with zero attached hydrogens (tertiary/aromatic N) is 2. The van der Waals surface area contributed by atoms with Gasteiger partial charge in [-0.3, -0.25) is 4.79 Å². The zero-order valence-electron chi connectivity index (χ0n) is 8.34. The maximum atomic E-state index is 10.6. The third-order valence-corrected chi connectivity index (χ3v) is 4.13. The molecule has 0 amide bonds. The fraction of sp³-hybridized carbons (Fsp3) is 0.182. The molecular weight excluding hydrogens is 240 g/mol. The van der Waals surface area contributed by atoms with Gasteiger partial charge < -0.3 is 0 Å². The van der Waals surface area contributed by atoms with Crippen LogP contribution in [0.1, 0.15) is 16.8 Å². The van der Waals surface area contributed by atoms with E-state index in [-0.39, 0.29) is 0 Å². The van der Waals surface area contributed by atoms with Gasteiger partial charge in [-0.15, -0.1) is 11.3 Å². The van der Waals surface area contributed by atoms with E-state index in [1.807, 2.05) is 12.1 Å². The van der Waals surface area contributed by atoms with Crippen LogP contribution in [0.15, 0.2) is 22.5 Å². The monoisotopic (exact) mass is 248 g/mol. The molecule has 0 unspecified atom stereocenters. The predicted octanol–water partition coefficient (Wildman–Crippen LogP) is 3.11. The van der Waals surface area contributed by atoms with E-state index in [1.165, 1.54) is 0 Å². The standard InChI is InChI=1S/C11H8N2OS2/c12-4-1-5-15-11-13-9-3-2-8(7-14)6-10(9)16-11/h2-3,6-7H,1,5H2. The molecule has 1 heterocycles. The molecule has 5 heteroatoms. The lowest BCUT2D eigenvalue weighted by Crippen LogP contribution is -1.77. The number of carbonyl (C=O) groups is 1. The van der Waals surface area contributed by atoms with Crippen LogP contribution in [0, 0.1) is 11.3 Å². The molecule has 0 aliphatic carbocycles. The van der Waals surface area contributed by atoms with Crippen molar-refractivity contribution in [3.05, 3.63) is 23.8 Å². The van der Waals surface area contributed by atoms with Gasteiger partial charge in [0.1, 0.15) is 6.29 Å². The molecule has 0 spiro atoms. The van der Waals surface area contributed by atoms with Gasteiger partial charge in [-0.05, 0) is 18.2 Å². The minimum absolute atomic E-state index is 0.528. The summed E-state index contributed by atoms with van der Waals surface area (Å²) >= 11 is 3.14. The number of thiazole rings is 1. The second-order valence-corrected chi connectivity index (χ2v) is 5.45. The number of aromatic nitrogens is 1. The summed E-state index contributed by atoms with van der Waals surface area (Å²) in [7, 11) is 0. The van der Waals surface area contributed by atoms with Gasteiger partial charge in [-0.2, -0.15) is 5.26 Å². The summed E-state index contributed by atoms with van der Waals surface area (Å²) < 4.78 is 1.97. The van der Waals surface area contributed by atoms with Crippen molar-refractivity contribution in [1.29, 1.82) is 5.26 Å². The van der Waals surface area contributed by atoms with E-state index in [9.17, 15) is 4.79 Å². The first-order valence-electron chi connectivity index (χ1n) is 4.69. The number of hydrogen-bond acceptors (Lipinski definition) is 5. The molecule has 0 bridgehead atoms. The number of benzene rings is 1. The Morgan fingerprint density at radius 1 is 1.56 bits per heavy atom. The van der Waals surface area contributed by atoms with Crippen molar-refractivity contribution in [2.75, 3.05) is 5.75 Å². The van der Waals surface area contributed by atoms with E-state index in [4.69, 9.17) is 5.26 Å². The highest BCUT2D eigenvalue weighted by Gasteiger charge is 2.04. The molecule has 0 saturated heterocycles. The van der Waals surface area contributed by atoms with Gasteiger partial charge in [0.05, 0.1) is 16.3 Å². The summed E-state index contributed by atoms with van der Waals surface area (Å²) in [6, 6.07) is 7.56. The molecule has 2 aromatic rings. The Balaban J connectivity index is 2.23. The molecule has 0 aliphatic rings. The average Bonchev–Trinajstić information content (AvgIpc) is 2.70. The summed E-state index contributed by atoms with van der Waals surface area (Å²) in [5.41, 5.74) is 1.58. The van der Waals surface area contributed by atoms with Crippen molar-refractivity contribution in [1.82, 2.24) is 4.98 Å². The number of thioether (sulfide) groups is 1. The van der Waals surface area contributed by atoms with E-state index < -0.39 is 0 Å². The average molecular weight is 248 g/mol. The van der Waals surface area contributed by atoms with Crippen LogP contribution in [0.4, 0.5) is 0 Å². The first-order valence-corrected chi connectivity index (χ1v) is 6.49. The maximum absolute atomic E-state index is 10.6. The largest absolute Gasteiger partial charge is 0.298 e. The fourth-order valence-corrected chi connectivity index (χ4v) is 3.27. The van der Waals surface area contributed by atoms with Crippen molar-refractivity contribution >= 4 is 39.6 Å². The number of aldehydes is 1. The molecule has 0 saturated carbocycles. The molecule has 0 atom stereocenters. The Hall–Kier alpha value is -1.38. The van der Waals surface area contributed by atoms with Crippen molar-refractivity contribution in [2.24, 2.45) is 0 Å². The van der Waals surface area contributed by atoms with E-state index in [2.05, 4.69) is 11.1 Å². The minimum Gasteiger partial charge on any atom is -0.298 e. The molecule has 2 rings (SSSR count). The molecule has 80 valence electrons. The van der Waals surface area contributed by atoms with Crippen molar-refractivity contribution in [3.8, 4) is 6.07 Å². The van der Waals surface area contributed by atoms with Crippen LogP contribution >= 0.6 is 23.1 Å². The van der Waals surface area contributed by atoms with Crippen LogP contribution in [0.3, 0.4) is 0 Å². The van der Waals surface area contributed by atoms with Gasteiger partial charge in [0.25, 0.3) is 0 Å². The lowest BCUT2D eigenvalue weighted by molar-refractivity contribution is 0.112. The van der Waals surface area contributed by atoms with Crippen LogP contribution in [-0.2, 0) is 0 Å². The summed E-state index contributed by atoms with van der Waals surface area (Å²) in [5.74, 6) is 0.761. The van der Waals surface area contributed by atoms with E-state index in [1.54, 1.807) is 29.2 Å². The predicted molar refractivity (Wildman–Crippen MR) is 66.0 cm³/mol. The minimum atomic E-state index is 0.528. The lowest BCUT2D eigenvalue weighted by Gasteiger charge is -1.88. The molecule has 1 aromatic heterocycles. The number of rotatable bonds is 4. The molecule has 3 nitrogen and oxygen atoms in total. The van der Waals surface area contributed by atoms with Crippen LogP contribution < -0.4 is 0 Å². The number of fused-ring (bicyclic) bond motifs is 1. The van der Waals surface area contributed by atoms with Crippen molar-refractivity contribution in [2.45, 2.75) is 10.8 Å². The van der Waals surface area contributed by atoms with Gasteiger partial charge in [-0.25, -0.2) is 4.98 Å². The first kappa shape index (κ1) is 11.1. The Kier molecular flexibility index (Phi) is 3.54. The van der Waals surface area contributed by atoms with Gasteiger partial charge in [0.2, 0.25) is 0 Å². The fourth-order valence-electron chi connectivity index (χ4n) is 1.24. The lowest BCUT2D eigenvalue weighted by atomic mass is 10.2. The SMILES string of the molecule is N#CCCSc1nc2ccc(C=O)cc2s1. The number of carbonyl (C=O) groups excluding carboxylic acids is 1. The molecule has 0 fully saturated rings. The zero-order chi connectivity index (χ0) is 11.4. The van der Waals surface area contributed by atoms with E-state index >= 15 is 0 Å². The highest BCUT2D eigenvalue weighted by atomic mass is 32.2. The maximum Gasteiger partial charge on any atom is 0.151 e. The molecule has 0 aliphatic heterocycles. The van der Waals surface area contributed by atoms with Crippen LogP contribution in [0.5, 0.6) is 0 Å². The topological polar surface area (TPSA) is 53.8 Å². The molecule has 16 heavy (non-hydrogen) atoms. The van der Waals surface area contributed by atoms with Gasteiger partial charge in [0, 0.05) is 17.7 Å². The highest BCUT2D eigenvalue weighted by Crippen LogP contribution is 2.30. The Morgan fingerprint density at radius 2 is 2.44 bits per heavy atom. The van der Waals surface area contributed by atoms with Crippen LogP contribution in [0.25, 0.3) is 10.2 Å². The second-order valence-electron chi connectivity index (χ2n) is 3.08. The number of hydrogen-bond donors (Lipinski definition) is 0. The Morgan fingerprint density at radius 3 is 3.19 bits per heavy atom. The van der Waals surface area contributed by atoms with Crippen LogP contribution in [0.2, 0.25) is 0 Å². The second kappa shape index (κ2) is 5.10. The Bertz CT molecular complexity index is 557. The smallest absolute Gasteiger partial charge is 0.151 e. The van der Waals surface area contributed by atoms with Crippen molar-refractivity contribution in [3.63, 3.8) is 0 Å². The third-order valence-electron chi connectivity index (χ3n) is 1.97. The summed E-state index contributed by atoms with van der Waals surface area (Å²) in [4.78, 5) is 15.0. The zero-order valence-corrected chi connectivity index (χ0v) is 9.98. The van der Waals surface area contributed by atoms with Gasteiger partial charge in [0.15, 0.2) is 4.34 Å².